The second-order valence-electron chi connectivity index (χ2n) is 6.38. The van der Waals surface area contributed by atoms with Crippen molar-refractivity contribution in [2.24, 2.45) is 0 Å². The first-order valence-corrected chi connectivity index (χ1v) is 8.69. The molecule has 0 aliphatic carbocycles. The van der Waals surface area contributed by atoms with Gasteiger partial charge < -0.3 is 4.90 Å². The van der Waals surface area contributed by atoms with Crippen LogP contribution in [0.3, 0.4) is 0 Å². The second-order valence-corrected chi connectivity index (χ2v) is 6.38. The predicted octanol–water partition coefficient (Wildman–Crippen LogP) is 2.71. The molecule has 0 unspecified atom stereocenters. The van der Waals surface area contributed by atoms with Crippen LogP contribution in [-0.2, 0) is 11.3 Å². The lowest BCUT2D eigenvalue weighted by molar-refractivity contribution is -0.131. The Morgan fingerprint density at radius 2 is 1.92 bits per heavy atom. The van der Waals surface area contributed by atoms with Crippen molar-refractivity contribution in [2.75, 3.05) is 13.1 Å². The van der Waals surface area contributed by atoms with Crippen LogP contribution in [0.2, 0.25) is 0 Å². The highest BCUT2D eigenvalue weighted by atomic mass is 16.2. The van der Waals surface area contributed by atoms with Crippen LogP contribution < -0.4 is 5.69 Å². The minimum Gasteiger partial charge on any atom is -0.337 e. The van der Waals surface area contributed by atoms with E-state index in [1.54, 1.807) is 17.2 Å². The largest absolute Gasteiger partial charge is 0.347 e. The Kier molecular flexibility index (Phi) is 4.35. The average Bonchev–Trinajstić information content (AvgIpc) is 2.69. The van der Waals surface area contributed by atoms with E-state index in [1.165, 1.54) is 32.7 Å². The van der Waals surface area contributed by atoms with Gasteiger partial charge in [0.1, 0.15) is 6.54 Å². The number of nitrogens with zero attached hydrogens (tertiary/aromatic N) is 3. The van der Waals surface area contributed by atoms with Crippen molar-refractivity contribution in [2.45, 2.75) is 13.0 Å². The van der Waals surface area contributed by atoms with Gasteiger partial charge in [-0.3, -0.25) is 9.36 Å². The molecule has 0 spiro atoms. The van der Waals surface area contributed by atoms with E-state index in [1.807, 2.05) is 6.07 Å². The summed E-state index contributed by atoms with van der Waals surface area (Å²) in [6.45, 7) is 1.25. The first-order valence-electron chi connectivity index (χ1n) is 8.69. The summed E-state index contributed by atoms with van der Waals surface area (Å²) in [6.07, 6.45) is 5.95. The fourth-order valence-electron chi connectivity index (χ4n) is 3.40. The maximum absolute atomic E-state index is 12.5. The Morgan fingerprint density at radius 1 is 1.08 bits per heavy atom. The SMILES string of the molecule is O=C(Cn1cccnc1=O)N1CC=C(c2cccc3ccccc23)CC1. The van der Waals surface area contributed by atoms with E-state index in [0.717, 1.165) is 6.42 Å². The van der Waals surface area contributed by atoms with E-state index in [9.17, 15) is 9.59 Å². The lowest BCUT2D eigenvalue weighted by Crippen LogP contribution is -2.39. The number of hydrogen-bond donors (Lipinski definition) is 0. The lowest BCUT2D eigenvalue weighted by Gasteiger charge is -2.27. The van der Waals surface area contributed by atoms with Crippen molar-refractivity contribution in [3.8, 4) is 0 Å². The van der Waals surface area contributed by atoms with Crippen LogP contribution in [0, 0.1) is 0 Å². The molecule has 0 bridgehead atoms. The first-order chi connectivity index (χ1) is 12.7. The monoisotopic (exact) mass is 345 g/mol. The fraction of sp³-hybridized carbons (Fsp3) is 0.190. The number of carbonyl (C=O) groups excluding carboxylic acids is 1. The molecule has 5 heteroatoms. The zero-order valence-corrected chi connectivity index (χ0v) is 14.3. The van der Waals surface area contributed by atoms with E-state index >= 15 is 0 Å². The standard InChI is InChI=1S/C21H19N3O2/c25-20(15-24-12-4-11-22-21(24)26)23-13-9-17(10-14-23)19-8-3-6-16-5-1-2-7-18(16)19/h1-9,11-12H,10,13-15H2. The second kappa shape index (κ2) is 6.96. The number of rotatable bonds is 3. The van der Waals surface area contributed by atoms with E-state index in [4.69, 9.17) is 0 Å². The van der Waals surface area contributed by atoms with Crippen molar-refractivity contribution < 1.29 is 4.79 Å². The zero-order valence-electron chi connectivity index (χ0n) is 14.3. The van der Waals surface area contributed by atoms with Gasteiger partial charge >= 0.3 is 5.69 Å². The van der Waals surface area contributed by atoms with Gasteiger partial charge in [-0.2, -0.15) is 0 Å². The van der Waals surface area contributed by atoms with Gasteiger partial charge in [-0.05, 0) is 34.4 Å². The summed E-state index contributed by atoms with van der Waals surface area (Å²) in [5.41, 5.74) is 2.10. The maximum atomic E-state index is 12.5. The number of fused-ring (bicyclic) bond motifs is 1. The number of carbonyl (C=O) groups is 1. The van der Waals surface area contributed by atoms with Crippen LogP contribution in [0.5, 0.6) is 0 Å². The highest BCUT2D eigenvalue weighted by Crippen LogP contribution is 2.29. The van der Waals surface area contributed by atoms with Gasteiger partial charge in [0.2, 0.25) is 5.91 Å². The normalized spacial score (nSPS) is 14.3. The molecule has 2 aromatic carbocycles. The Bertz CT molecular complexity index is 1050. The summed E-state index contributed by atoms with van der Waals surface area (Å²) in [6, 6.07) is 16.3. The van der Waals surface area contributed by atoms with Gasteiger partial charge in [-0.1, -0.05) is 48.5 Å². The van der Waals surface area contributed by atoms with Crippen molar-refractivity contribution in [1.82, 2.24) is 14.5 Å². The summed E-state index contributed by atoms with van der Waals surface area (Å²) in [4.78, 5) is 29.6. The average molecular weight is 345 g/mol. The summed E-state index contributed by atoms with van der Waals surface area (Å²) >= 11 is 0. The third-order valence-electron chi connectivity index (χ3n) is 4.79. The molecule has 0 fully saturated rings. The Labute approximate surface area is 151 Å². The molecule has 1 amide bonds. The summed E-state index contributed by atoms with van der Waals surface area (Å²) < 4.78 is 1.34. The minimum absolute atomic E-state index is 0.0319. The molecule has 130 valence electrons. The Balaban J connectivity index is 1.52. The quantitative estimate of drug-likeness (QED) is 0.733. The van der Waals surface area contributed by atoms with Crippen LogP contribution in [0.15, 0.2) is 71.8 Å². The molecule has 0 radical (unpaired) electrons. The molecule has 0 saturated carbocycles. The lowest BCUT2D eigenvalue weighted by atomic mass is 9.94. The molecule has 0 atom stereocenters. The molecule has 1 aromatic heterocycles. The molecular formula is C21H19N3O2. The van der Waals surface area contributed by atoms with Crippen LogP contribution in [0.25, 0.3) is 16.3 Å². The minimum atomic E-state index is -0.398. The van der Waals surface area contributed by atoms with Gasteiger partial charge in [0.15, 0.2) is 0 Å². The molecule has 0 N–H and O–H groups in total. The Hall–Kier alpha value is -3.21. The molecule has 3 aromatic rings. The van der Waals surface area contributed by atoms with E-state index in [0.29, 0.717) is 13.1 Å². The smallest absolute Gasteiger partial charge is 0.337 e. The molecule has 1 aliphatic rings. The molecule has 1 aliphatic heterocycles. The highest BCUT2D eigenvalue weighted by molar-refractivity contribution is 5.94. The molecular weight excluding hydrogens is 326 g/mol. The maximum Gasteiger partial charge on any atom is 0.347 e. The van der Waals surface area contributed by atoms with Crippen LogP contribution in [0.4, 0.5) is 0 Å². The van der Waals surface area contributed by atoms with Crippen LogP contribution in [0.1, 0.15) is 12.0 Å². The number of hydrogen-bond acceptors (Lipinski definition) is 3. The van der Waals surface area contributed by atoms with Crippen molar-refractivity contribution >= 4 is 22.3 Å². The Morgan fingerprint density at radius 3 is 2.73 bits per heavy atom. The molecule has 4 rings (SSSR count). The van der Waals surface area contributed by atoms with Gasteiger partial charge in [0, 0.05) is 25.5 Å². The molecule has 0 saturated heterocycles. The third kappa shape index (κ3) is 3.16. The van der Waals surface area contributed by atoms with Crippen LogP contribution in [-0.4, -0.2) is 33.4 Å². The number of amides is 1. The fourth-order valence-corrected chi connectivity index (χ4v) is 3.40. The van der Waals surface area contributed by atoms with Crippen LogP contribution >= 0.6 is 0 Å². The van der Waals surface area contributed by atoms with E-state index in [-0.39, 0.29) is 12.5 Å². The van der Waals surface area contributed by atoms with Gasteiger partial charge in [-0.25, -0.2) is 9.78 Å². The summed E-state index contributed by atoms with van der Waals surface area (Å²) in [5.74, 6) is -0.0617. The summed E-state index contributed by atoms with van der Waals surface area (Å²) in [5, 5.41) is 2.46. The van der Waals surface area contributed by atoms with Gasteiger partial charge in [0.25, 0.3) is 0 Å². The molecule has 26 heavy (non-hydrogen) atoms. The summed E-state index contributed by atoms with van der Waals surface area (Å²) in [7, 11) is 0. The van der Waals surface area contributed by atoms with Crippen molar-refractivity contribution in [3.05, 3.63) is 83.0 Å². The number of aromatic nitrogens is 2. The highest BCUT2D eigenvalue weighted by Gasteiger charge is 2.19. The topological polar surface area (TPSA) is 55.2 Å². The predicted molar refractivity (Wildman–Crippen MR) is 102 cm³/mol. The van der Waals surface area contributed by atoms with E-state index in [2.05, 4.69) is 47.5 Å². The van der Waals surface area contributed by atoms with E-state index < -0.39 is 5.69 Å². The zero-order chi connectivity index (χ0) is 17.9. The van der Waals surface area contributed by atoms with Crippen molar-refractivity contribution in [3.63, 3.8) is 0 Å². The van der Waals surface area contributed by atoms with Crippen molar-refractivity contribution in [1.29, 1.82) is 0 Å². The molecule has 5 nitrogen and oxygen atoms in total. The third-order valence-corrected chi connectivity index (χ3v) is 4.79. The first kappa shape index (κ1) is 16.3. The van der Waals surface area contributed by atoms with Gasteiger partial charge in [0.05, 0.1) is 0 Å². The number of benzene rings is 2. The van der Waals surface area contributed by atoms with Gasteiger partial charge in [-0.15, -0.1) is 0 Å². The molecule has 2 heterocycles.